The molecule has 38 heavy (non-hydrogen) atoms. The van der Waals surface area contributed by atoms with Gasteiger partial charge in [0.2, 0.25) is 0 Å². The summed E-state index contributed by atoms with van der Waals surface area (Å²) in [4.78, 5) is 9.83. The minimum absolute atomic E-state index is 0.0956. The fraction of sp³-hybridized carbons (Fsp3) is 0. The molecule has 4 aromatic carbocycles. The number of hydrogen-bond acceptors (Lipinski definition) is 8. The van der Waals surface area contributed by atoms with E-state index >= 15 is 0 Å². The highest BCUT2D eigenvalue weighted by atomic mass is 32.2. The summed E-state index contributed by atoms with van der Waals surface area (Å²) >= 11 is 0. The smallest absolute Gasteiger partial charge is 0.295 e. The number of carbonyl (C=O) groups excluding carboxylic acids is 1. The molecule has 0 saturated heterocycles. The van der Waals surface area contributed by atoms with Crippen molar-refractivity contribution >= 4 is 58.4 Å². The summed E-state index contributed by atoms with van der Waals surface area (Å²) in [5.74, 6) is -0.779. The number of carbonyl (C=O) groups is 1. The normalized spacial score (nSPS) is 12.4. The summed E-state index contributed by atoms with van der Waals surface area (Å²) in [5.41, 5.74) is 7.66. The van der Waals surface area contributed by atoms with Crippen LogP contribution in [0.2, 0.25) is 0 Å². The topological polar surface area (TPSA) is 218 Å². The fourth-order valence-electron chi connectivity index (χ4n) is 3.83. The van der Waals surface area contributed by atoms with E-state index in [1.807, 2.05) is 0 Å². The number of nitrogen functional groups attached to an aromatic ring is 1. The summed E-state index contributed by atoms with van der Waals surface area (Å²) in [6.45, 7) is 0. The summed E-state index contributed by atoms with van der Waals surface area (Å²) in [6, 6.07) is 15.9. The molecular weight excluding hydrogens is 560 g/mol. The van der Waals surface area contributed by atoms with Crippen molar-refractivity contribution in [1.82, 2.24) is 0 Å². The Morgan fingerprint density at radius 1 is 0.711 bits per heavy atom. The first kappa shape index (κ1) is 27.2. The van der Waals surface area contributed by atoms with E-state index in [1.54, 1.807) is 36.4 Å². The van der Waals surface area contributed by atoms with Crippen LogP contribution in [0.3, 0.4) is 0 Å². The van der Waals surface area contributed by atoms with E-state index in [0.717, 1.165) is 17.7 Å². The van der Waals surface area contributed by atoms with Crippen LogP contribution in [0.5, 0.6) is 0 Å². The van der Waals surface area contributed by atoms with Crippen LogP contribution in [0.15, 0.2) is 87.5 Å². The van der Waals surface area contributed by atoms with Crippen LogP contribution in [-0.2, 0) is 30.4 Å². The zero-order valence-corrected chi connectivity index (χ0v) is 21.4. The van der Waals surface area contributed by atoms with Gasteiger partial charge in [-0.25, -0.2) is 0 Å². The van der Waals surface area contributed by atoms with E-state index in [9.17, 15) is 43.7 Å². The number of anilines is 2. The number of benzene rings is 4. The molecule has 0 aromatic heterocycles. The van der Waals surface area contributed by atoms with Crippen molar-refractivity contribution in [3.05, 3.63) is 78.4 Å². The molecule has 15 heteroatoms. The van der Waals surface area contributed by atoms with E-state index in [2.05, 4.69) is 5.32 Å². The standard InChI is InChI=1S/C23H18N2O10S3/c24-18-4-2-1-3-16(18)13-5-7-14(8-6-13)23(26)25-19-9-10-20(37(30,31)32)17-11-15(36(27,28)29)12-21(22(17)19)38(33,34)35/h1-12H,24H2,(H,25,26)(H,27,28,29)(H,30,31,32)(H,33,34,35). The van der Waals surface area contributed by atoms with Gasteiger partial charge in [-0.1, -0.05) is 30.3 Å². The lowest BCUT2D eigenvalue weighted by Crippen LogP contribution is -2.14. The number of fused-ring (bicyclic) bond motifs is 1. The first-order valence-corrected chi connectivity index (χ1v) is 14.7. The molecule has 12 nitrogen and oxygen atoms in total. The fourth-order valence-corrected chi connectivity index (χ4v) is 5.87. The maximum Gasteiger partial charge on any atom is 0.295 e. The molecule has 198 valence electrons. The molecule has 0 spiro atoms. The van der Waals surface area contributed by atoms with Gasteiger partial charge in [0.25, 0.3) is 36.3 Å². The van der Waals surface area contributed by atoms with Crippen molar-refractivity contribution < 1.29 is 43.7 Å². The van der Waals surface area contributed by atoms with Crippen molar-refractivity contribution in [3.8, 4) is 11.1 Å². The highest BCUT2D eigenvalue weighted by Crippen LogP contribution is 2.37. The number of rotatable bonds is 6. The highest BCUT2D eigenvalue weighted by molar-refractivity contribution is 7.87. The Hall–Kier alpha value is -3.86. The lowest BCUT2D eigenvalue weighted by molar-refractivity contribution is 0.102. The summed E-state index contributed by atoms with van der Waals surface area (Å²) in [6.07, 6.45) is 0. The van der Waals surface area contributed by atoms with Gasteiger partial charge in [-0.3, -0.25) is 18.5 Å². The summed E-state index contributed by atoms with van der Waals surface area (Å²) < 4.78 is 100. The van der Waals surface area contributed by atoms with Crippen molar-refractivity contribution in [3.63, 3.8) is 0 Å². The molecule has 0 heterocycles. The molecule has 0 bridgehead atoms. The molecule has 0 radical (unpaired) electrons. The van der Waals surface area contributed by atoms with Crippen LogP contribution >= 0.6 is 0 Å². The molecule has 6 N–H and O–H groups in total. The Morgan fingerprint density at radius 3 is 1.87 bits per heavy atom. The maximum atomic E-state index is 13.0. The number of nitrogens with one attached hydrogen (secondary N) is 1. The highest BCUT2D eigenvalue weighted by Gasteiger charge is 2.27. The van der Waals surface area contributed by atoms with Crippen molar-refractivity contribution in [2.45, 2.75) is 14.7 Å². The maximum absolute atomic E-state index is 13.0. The van der Waals surface area contributed by atoms with E-state index in [-0.39, 0.29) is 11.3 Å². The lowest BCUT2D eigenvalue weighted by Gasteiger charge is -2.15. The Labute approximate surface area is 217 Å². The Kier molecular flexibility index (Phi) is 6.77. The van der Waals surface area contributed by atoms with Crippen LogP contribution in [-0.4, -0.2) is 44.8 Å². The molecule has 0 aliphatic carbocycles. The van der Waals surface area contributed by atoms with E-state index in [4.69, 9.17) is 5.73 Å². The Balaban J connectivity index is 1.88. The second-order valence-electron chi connectivity index (χ2n) is 8.00. The number of hydrogen-bond donors (Lipinski definition) is 5. The number of amides is 1. The van der Waals surface area contributed by atoms with Gasteiger partial charge in [0.05, 0.1) is 10.6 Å². The van der Waals surface area contributed by atoms with Crippen LogP contribution < -0.4 is 11.1 Å². The predicted molar refractivity (Wildman–Crippen MR) is 138 cm³/mol. The zero-order valence-electron chi connectivity index (χ0n) is 18.9. The van der Waals surface area contributed by atoms with Crippen molar-refractivity contribution in [2.24, 2.45) is 0 Å². The Morgan fingerprint density at radius 2 is 1.32 bits per heavy atom. The molecule has 0 saturated carbocycles. The Bertz CT molecular complexity index is 1940. The lowest BCUT2D eigenvalue weighted by atomic mass is 10.0. The van der Waals surface area contributed by atoms with Gasteiger partial charge in [0, 0.05) is 27.6 Å². The largest absolute Gasteiger partial charge is 0.398 e. The molecule has 4 aromatic rings. The summed E-state index contributed by atoms with van der Waals surface area (Å²) in [7, 11) is -15.4. The van der Waals surface area contributed by atoms with Crippen molar-refractivity contribution in [1.29, 1.82) is 0 Å². The van der Waals surface area contributed by atoms with Crippen LogP contribution in [0.4, 0.5) is 11.4 Å². The minimum Gasteiger partial charge on any atom is -0.398 e. The van der Waals surface area contributed by atoms with Crippen LogP contribution in [0.25, 0.3) is 21.9 Å². The SMILES string of the molecule is Nc1ccccc1-c1ccc(C(=O)Nc2ccc(S(=O)(=O)O)c3cc(S(=O)(=O)O)cc(S(=O)(=O)O)c23)cc1. The molecular formula is C23H18N2O10S3. The monoisotopic (exact) mass is 578 g/mol. The first-order valence-electron chi connectivity index (χ1n) is 10.4. The molecule has 1 amide bonds. The second-order valence-corrected chi connectivity index (χ2v) is 12.2. The number of nitrogens with two attached hydrogens (primary N) is 1. The van der Waals surface area contributed by atoms with Gasteiger partial charge in [-0.2, -0.15) is 25.3 Å². The summed E-state index contributed by atoms with van der Waals surface area (Å²) in [5, 5.41) is 1.06. The molecule has 4 rings (SSSR count). The van der Waals surface area contributed by atoms with Gasteiger partial charge in [-0.05, 0) is 48.0 Å². The zero-order chi connectivity index (χ0) is 28.0. The molecule has 0 fully saturated rings. The van der Waals surface area contributed by atoms with Crippen LogP contribution in [0.1, 0.15) is 10.4 Å². The van der Waals surface area contributed by atoms with Gasteiger partial charge in [-0.15, -0.1) is 0 Å². The van der Waals surface area contributed by atoms with Gasteiger partial charge in [0.15, 0.2) is 0 Å². The molecule has 0 unspecified atom stereocenters. The molecule has 0 aliphatic heterocycles. The van der Waals surface area contributed by atoms with E-state index in [1.165, 1.54) is 12.1 Å². The number of para-hydroxylation sites is 1. The van der Waals surface area contributed by atoms with Gasteiger partial charge >= 0.3 is 0 Å². The third kappa shape index (κ3) is 5.38. The molecule has 0 atom stereocenters. The average molecular weight is 579 g/mol. The van der Waals surface area contributed by atoms with Gasteiger partial charge < -0.3 is 11.1 Å². The third-order valence-corrected chi connectivity index (χ3v) is 8.15. The predicted octanol–water partition coefficient (Wildman–Crippen LogP) is 3.08. The quantitative estimate of drug-likeness (QED) is 0.165. The second kappa shape index (κ2) is 9.46. The third-order valence-electron chi connectivity index (χ3n) is 5.53. The average Bonchev–Trinajstić information content (AvgIpc) is 2.82. The van der Waals surface area contributed by atoms with Gasteiger partial charge in [0.1, 0.15) is 9.79 Å². The minimum atomic E-state index is -5.25. The van der Waals surface area contributed by atoms with E-state index in [0.29, 0.717) is 23.4 Å². The van der Waals surface area contributed by atoms with E-state index < -0.39 is 61.7 Å². The first-order chi connectivity index (χ1) is 17.6. The molecule has 0 aliphatic rings. The van der Waals surface area contributed by atoms with Crippen molar-refractivity contribution in [2.75, 3.05) is 11.1 Å². The van der Waals surface area contributed by atoms with Crippen LogP contribution in [0, 0.1) is 0 Å².